The molecule has 0 atom stereocenters. The highest BCUT2D eigenvalue weighted by molar-refractivity contribution is 8.00. The van der Waals surface area contributed by atoms with E-state index in [9.17, 15) is 9.59 Å². The molecule has 1 aromatic rings. The minimum Gasteiger partial charge on any atom is -0.342 e. The van der Waals surface area contributed by atoms with Gasteiger partial charge in [-0.3, -0.25) is 9.59 Å². The molecule has 0 saturated carbocycles. The first-order chi connectivity index (χ1) is 11.7. The largest absolute Gasteiger partial charge is 0.342 e. The van der Waals surface area contributed by atoms with E-state index in [0.29, 0.717) is 0 Å². The molecule has 0 N–H and O–H groups in total. The molecule has 2 amide bonds. The average molecular weight is 361 g/mol. The number of thioether (sulfide) groups is 1. The van der Waals surface area contributed by atoms with Crippen LogP contribution in [0.4, 0.5) is 0 Å². The fourth-order valence-electron chi connectivity index (χ4n) is 3.80. The zero-order valence-corrected chi connectivity index (χ0v) is 16.5. The molecule has 2 aliphatic heterocycles. The number of nitrogens with zero attached hydrogens (tertiary/aromatic N) is 2. The third kappa shape index (κ3) is 3.43. The summed E-state index contributed by atoms with van der Waals surface area (Å²) in [6.45, 7) is 10.2. The van der Waals surface area contributed by atoms with Gasteiger partial charge in [0, 0.05) is 36.4 Å². The van der Waals surface area contributed by atoms with E-state index in [1.807, 2.05) is 68.6 Å². The molecule has 1 spiro atoms. The Morgan fingerprint density at radius 1 is 1.08 bits per heavy atom. The van der Waals surface area contributed by atoms with Gasteiger partial charge in [0.05, 0.1) is 4.87 Å². The van der Waals surface area contributed by atoms with Crippen LogP contribution in [0.25, 0.3) is 0 Å². The van der Waals surface area contributed by atoms with Crippen LogP contribution in [0.2, 0.25) is 0 Å². The summed E-state index contributed by atoms with van der Waals surface area (Å²) in [5.41, 5.74) is 1.49. The standard InChI is InChI=1S/C20H28N2O2S/c1-15-7-5-6-8-16(15)17(23)22-13-14-25-20(22)9-11-21(12-10-20)18(24)19(2,3)4/h5-8H,9-14H2,1-4H3. The molecule has 2 saturated heterocycles. The van der Waals surface area contributed by atoms with E-state index in [-0.39, 0.29) is 22.1 Å². The molecule has 0 unspecified atom stereocenters. The first kappa shape index (κ1) is 18.3. The maximum Gasteiger partial charge on any atom is 0.255 e. The van der Waals surface area contributed by atoms with E-state index >= 15 is 0 Å². The van der Waals surface area contributed by atoms with Crippen molar-refractivity contribution in [2.24, 2.45) is 5.41 Å². The smallest absolute Gasteiger partial charge is 0.255 e. The zero-order valence-electron chi connectivity index (χ0n) is 15.7. The van der Waals surface area contributed by atoms with Crippen LogP contribution in [0.5, 0.6) is 0 Å². The summed E-state index contributed by atoms with van der Waals surface area (Å²) in [7, 11) is 0. The van der Waals surface area contributed by atoms with Crippen molar-refractivity contribution in [2.45, 2.75) is 45.4 Å². The van der Waals surface area contributed by atoms with Crippen LogP contribution >= 0.6 is 11.8 Å². The second kappa shape index (κ2) is 6.67. The second-order valence-electron chi connectivity index (χ2n) is 8.11. The molecule has 2 aliphatic rings. The summed E-state index contributed by atoms with van der Waals surface area (Å²) in [4.78, 5) is 29.6. The molecular weight excluding hydrogens is 332 g/mol. The number of benzene rings is 1. The fourth-order valence-corrected chi connectivity index (χ4v) is 5.26. The van der Waals surface area contributed by atoms with Crippen molar-refractivity contribution >= 4 is 23.6 Å². The maximum atomic E-state index is 13.1. The second-order valence-corrected chi connectivity index (χ2v) is 9.57. The molecule has 2 fully saturated rings. The predicted molar refractivity (Wildman–Crippen MR) is 103 cm³/mol. The highest BCUT2D eigenvalue weighted by Crippen LogP contribution is 2.45. The van der Waals surface area contributed by atoms with Crippen LogP contribution in [-0.2, 0) is 4.79 Å². The van der Waals surface area contributed by atoms with Crippen LogP contribution in [0, 0.1) is 12.3 Å². The third-order valence-corrected chi connectivity index (χ3v) is 6.82. The topological polar surface area (TPSA) is 40.6 Å². The summed E-state index contributed by atoms with van der Waals surface area (Å²) in [6, 6.07) is 7.82. The Morgan fingerprint density at radius 3 is 2.32 bits per heavy atom. The first-order valence-corrected chi connectivity index (χ1v) is 10.0. The van der Waals surface area contributed by atoms with Crippen molar-refractivity contribution in [1.29, 1.82) is 0 Å². The number of carbonyl (C=O) groups excluding carboxylic acids is 2. The Morgan fingerprint density at radius 2 is 1.72 bits per heavy atom. The molecule has 2 heterocycles. The molecule has 1 aromatic carbocycles. The van der Waals surface area contributed by atoms with Crippen LogP contribution in [-0.4, -0.2) is 51.9 Å². The zero-order chi connectivity index (χ0) is 18.2. The van der Waals surface area contributed by atoms with E-state index in [4.69, 9.17) is 0 Å². The Hall–Kier alpha value is -1.49. The van der Waals surface area contributed by atoms with Gasteiger partial charge in [0.1, 0.15) is 0 Å². The van der Waals surface area contributed by atoms with Crippen LogP contribution < -0.4 is 0 Å². The van der Waals surface area contributed by atoms with Gasteiger partial charge in [0.2, 0.25) is 5.91 Å². The van der Waals surface area contributed by atoms with Crippen molar-refractivity contribution < 1.29 is 9.59 Å². The number of aryl methyl sites for hydroxylation is 1. The Balaban J connectivity index is 1.76. The number of amides is 2. The van der Waals surface area contributed by atoms with Crippen molar-refractivity contribution in [3.63, 3.8) is 0 Å². The Bertz CT molecular complexity index is 673. The number of hydrogen-bond acceptors (Lipinski definition) is 3. The predicted octanol–water partition coefficient (Wildman–Crippen LogP) is 3.55. The van der Waals surface area contributed by atoms with Gasteiger partial charge in [0.25, 0.3) is 5.91 Å². The lowest BCUT2D eigenvalue weighted by Crippen LogP contribution is -2.55. The minimum absolute atomic E-state index is 0.138. The minimum atomic E-state index is -0.343. The number of piperidine rings is 1. The molecule has 0 radical (unpaired) electrons. The summed E-state index contributed by atoms with van der Waals surface area (Å²) in [6.07, 6.45) is 1.72. The van der Waals surface area contributed by atoms with Gasteiger partial charge >= 0.3 is 0 Å². The molecule has 0 aromatic heterocycles. The van der Waals surface area contributed by atoms with Gasteiger partial charge in [0.15, 0.2) is 0 Å². The third-order valence-electron chi connectivity index (χ3n) is 5.27. The van der Waals surface area contributed by atoms with Crippen LogP contribution in [0.3, 0.4) is 0 Å². The lowest BCUT2D eigenvalue weighted by Gasteiger charge is -2.45. The van der Waals surface area contributed by atoms with Gasteiger partial charge in [-0.1, -0.05) is 39.0 Å². The Kier molecular flexibility index (Phi) is 4.89. The maximum absolute atomic E-state index is 13.1. The molecule has 4 nitrogen and oxygen atoms in total. The van der Waals surface area contributed by atoms with Crippen molar-refractivity contribution in [3.05, 3.63) is 35.4 Å². The van der Waals surface area contributed by atoms with Gasteiger partial charge in [-0.2, -0.15) is 0 Å². The highest BCUT2D eigenvalue weighted by atomic mass is 32.2. The average Bonchev–Trinajstić information content (AvgIpc) is 2.97. The van der Waals surface area contributed by atoms with Gasteiger partial charge < -0.3 is 9.80 Å². The number of likely N-dealkylation sites (tertiary alicyclic amines) is 1. The summed E-state index contributed by atoms with van der Waals surface area (Å²) in [5.74, 6) is 1.33. The lowest BCUT2D eigenvalue weighted by atomic mass is 9.92. The van der Waals surface area contributed by atoms with Crippen molar-refractivity contribution in [1.82, 2.24) is 9.80 Å². The normalized spacial score (nSPS) is 20.2. The van der Waals surface area contributed by atoms with E-state index in [2.05, 4.69) is 4.90 Å². The fraction of sp³-hybridized carbons (Fsp3) is 0.600. The van der Waals surface area contributed by atoms with Crippen LogP contribution in [0.15, 0.2) is 24.3 Å². The molecule has 5 heteroatoms. The molecular formula is C20H28N2O2S. The van der Waals surface area contributed by atoms with Gasteiger partial charge in [-0.15, -0.1) is 11.8 Å². The van der Waals surface area contributed by atoms with Gasteiger partial charge in [-0.25, -0.2) is 0 Å². The molecule has 3 rings (SSSR count). The summed E-state index contributed by atoms with van der Waals surface area (Å²) < 4.78 is 0. The Labute approximate surface area is 154 Å². The van der Waals surface area contributed by atoms with E-state index in [1.165, 1.54) is 0 Å². The van der Waals surface area contributed by atoms with E-state index in [0.717, 1.165) is 49.4 Å². The summed E-state index contributed by atoms with van der Waals surface area (Å²) >= 11 is 1.89. The lowest BCUT2D eigenvalue weighted by molar-refractivity contribution is -0.141. The molecule has 25 heavy (non-hydrogen) atoms. The quantitative estimate of drug-likeness (QED) is 0.769. The molecule has 136 valence electrons. The SMILES string of the molecule is Cc1ccccc1C(=O)N1CCSC12CCN(C(=O)C(C)(C)C)CC2. The monoisotopic (exact) mass is 360 g/mol. The summed E-state index contributed by atoms with van der Waals surface area (Å²) in [5, 5.41) is 0. The number of hydrogen-bond donors (Lipinski definition) is 0. The number of carbonyl (C=O) groups is 2. The van der Waals surface area contributed by atoms with Gasteiger partial charge in [-0.05, 0) is 31.4 Å². The number of rotatable bonds is 1. The molecule has 0 aliphatic carbocycles. The van der Waals surface area contributed by atoms with Crippen LogP contribution in [0.1, 0.15) is 49.5 Å². The van der Waals surface area contributed by atoms with Crippen molar-refractivity contribution in [3.8, 4) is 0 Å². The van der Waals surface area contributed by atoms with Crippen molar-refractivity contribution in [2.75, 3.05) is 25.4 Å². The highest BCUT2D eigenvalue weighted by Gasteiger charge is 2.47. The first-order valence-electron chi connectivity index (χ1n) is 9.06. The van der Waals surface area contributed by atoms with E-state index < -0.39 is 0 Å². The van der Waals surface area contributed by atoms with E-state index in [1.54, 1.807) is 0 Å². The molecule has 0 bridgehead atoms.